The van der Waals surface area contributed by atoms with Crippen LogP contribution in [0.2, 0.25) is 0 Å². The first-order valence-corrected chi connectivity index (χ1v) is 6.77. The van der Waals surface area contributed by atoms with Crippen molar-refractivity contribution in [3.8, 4) is 0 Å². The first-order valence-electron chi connectivity index (χ1n) is 6.77. The molecular weight excluding hydrogens is 214 g/mol. The van der Waals surface area contributed by atoms with Crippen LogP contribution in [-0.2, 0) is 4.79 Å². The molecule has 0 aliphatic carbocycles. The summed E-state index contributed by atoms with van der Waals surface area (Å²) in [4.78, 5) is 19.0. The van der Waals surface area contributed by atoms with Crippen molar-refractivity contribution in [3.05, 3.63) is 0 Å². The summed E-state index contributed by atoms with van der Waals surface area (Å²) in [5.74, 6) is 0.380. The minimum atomic E-state index is 0.185. The van der Waals surface area contributed by atoms with Crippen molar-refractivity contribution in [2.45, 2.75) is 25.3 Å². The molecule has 0 saturated carbocycles. The molecule has 3 aliphatic heterocycles. The number of hydrogen-bond acceptors (Lipinski definition) is 3. The molecule has 17 heavy (non-hydrogen) atoms. The zero-order valence-electron chi connectivity index (χ0n) is 11.0. The van der Waals surface area contributed by atoms with Crippen molar-refractivity contribution in [1.82, 2.24) is 14.7 Å². The minimum Gasteiger partial charge on any atom is -0.341 e. The van der Waals surface area contributed by atoms with Crippen LogP contribution in [0.4, 0.5) is 0 Å². The molecule has 4 nitrogen and oxygen atoms in total. The highest BCUT2D eigenvalue weighted by Gasteiger charge is 2.45. The van der Waals surface area contributed by atoms with Crippen LogP contribution in [0.15, 0.2) is 0 Å². The fourth-order valence-corrected chi connectivity index (χ4v) is 3.65. The molecular formula is C13H23N3O. The molecule has 4 heteroatoms. The lowest BCUT2D eigenvalue weighted by Gasteiger charge is -2.39. The summed E-state index contributed by atoms with van der Waals surface area (Å²) in [6.07, 6.45) is 3.53. The van der Waals surface area contributed by atoms with Crippen LogP contribution in [-0.4, -0.2) is 73.5 Å². The SMILES string of the molecule is CN1CCC2(CCN(C(=O)[C@@H]3CCN3C)C2)C1. The predicted molar refractivity (Wildman–Crippen MR) is 66.8 cm³/mol. The average molecular weight is 237 g/mol. The average Bonchev–Trinajstić information content (AvgIpc) is 2.85. The lowest BCUT2D eigenvalue weighted by atomic mass is 9.86. The number of likely N-dealkylation sites (tertiary alicyclic amines) is 3. The van der Waals surface area contributed by atoms with Crippen molar-refractivity contribution in [3.63, 3.8) is 0 Å². The Labute approximate surface area is 104 Å². The van der Waals surface area contributed by atoms with E-state index in [2.05, 4.69) is 28.8 Å². The van der Waals surface area contributed by atoms with Crippen LogP contribution in [0.1, 0.15) is 19.3 Å². The maximum atomic E-state index is 12.3. The molecule has 0 radical (unpaired) electrons. The largest absolute Gasteiger partial charge is 0.341 e. The molecule has 3 fully saturated rings. The fraction of sp³-hybridized carbons (Fsp3) is 0.923. The minimum absolute atomic E-state index is 0.185. The van der Waals surface area contributed by atoms with Gasteiger partial charge in [0.15, 0.2) is 0 Å². The van der Waals surface area contributed by atoms with E-state index in [0.717, 1.165) is 26.1 Å². The standard InChI is InChI=1S/C13H23N3O/c1-14-7-4-13(9-14)5-8-16(10-13)12(17)11-3-6-15(11)2/h11H,3-10H2,1-2H3/t11-,13?/m0/s1. The molecule has 2 atom stereocenters. The molecule has 0 bridgehead atoms. The van der Waals surface area contributed by atoms with E-state index in [-0.39, 0.29) is 6.04 Å². The Hall–Kier alpha value is -0.610. The molecule has 3 aliphatic rings. The number of carbonyl (C=O) groups is 1. The molecule has 0 aromatic carbocycles. The molecule has 1 spiro atoms. The van der Waals surface area contributed by atoms with E-state index >= 15 is 0 Å². The first kappa shape index (κ1) is 11.5. The van der Waals surface area contributed by atoms with Crippen LogP contribution in [0.5, 0.6) is 0 Å². The first-order chi connectivity index (χ1) is 8.10. The number of carbonyl (C=O) groups excluding carboxylic acids is 1. The number of nitrogens with zero attached hydrogens (tertiary/aromatic N) is 3. The Morgan fingerprint density at radius 2 is 1.88 bits per heavy atom. The highest BCUT2D eigenvalue weighted by atomic mass is 16.2. The van der Waals surface area contributed by atoms with Gasteiger partial charge in [0.2, 0.25) is 5.91 Å². The lowest BCUT2D eigenvalue weighted by molar-refractivity contribution is -0.139. The van der Waals surface area contributed by atoms with E-state index in [0.29, 0.717) is 11.3 Å². The number of likely N-dealkylation sites (N-methyl/N-ethyl adjacent to an activating group) is 1. The van der Waals surface area contributed by atoms with Crippen LogP contribution >= 0.6 is 0 Å². The van der Waals surface area contributed by atoms with Crippen molar-refractivity contribution < 1.29 is 4.79 Å². The van der Waals surface area contributed by atoms with Gasteiger partial charge >= 0.3 is 0 Å². The fourth-order valence-electron chi connectivity index (χ4n) is 3.65. The van der Waals surface area contributed by atoms with E-state index in [9.17, 15) is 4.79 Å². The van der Waals surface area contributed by atoms with E-state index in [1.165, 1.54) is 25.9 Å². The Kier molecular flexibility index (Phi) is 2.67. The van der Waals surface area contributed by atoms with Crippen LogP contribution in [0.25, 0.3) is 0 Å². The quantitative estimate of drug-likeness (QED) is 0.654. The van der Waals surface area contributed by atoms with Crippen molar-refractivity contribution in [2.75, 3.05) is 46.8 Å². The molecule has 1 amide bonds. The third-order valence-electron chi connectivity index (χ3n) is 4.95. The molecule has 3 saturated heterocycles. The molecule has 1 unspecified atom stereocenters. The van der Waals surface area contributed by atoms with Crippen molar-refractivity contribution in [1.29, 1.82) is 0 Å². The van der Waals surface area contributed by atoms with Gasteiger partial charge in [-0.15, -0.1) is 0 Å². The molecule has 3 heterocycles. The van der Waals surface area contributed by atoms with Gasteiger partial charge in [0, 0.05) is 31.6 Å². The zero-order valence-corrected chi connectivity index (χ0v) is 11.0. The van der Waals surface area contributed by atoms with E-state index in [1.54, 1.807) is 0 Å². The molecule has 96 valence electrons. The third-order valence-corrected chi connectivity index (χ3v) is 4.95. The van der Waals surface area contributed by atoms with Crippen molar-refractivity contribution in [2.24, 2.45) is 5.41 Å². The van der Waals surface area contributed by atoms with Gasteiger partial charge in [0.05, 0.1) is 6.04 Å². The van der Waals surface area contributed by atoms with Crippen LogP contribution < -0.4 is 0 Å². The zero-order chi connectivity index (χ0) is 12.0. The van der Waals surface area contributed by atoms with Gasteiger partial charge in [-0.25, -0.2) is 0 Å². The molecule has 0 aromatic heterocycles. The predicted octanol–water partition coefficient (Wildman–Crippen LogP) is 0.245. The summed E-state index contributed by atoms with van der Waals surface area (Å²) >= 11 is 0. The van der Waals surface area contributed by atoms with Gasteiger partial charge in [-0.3, -0.25) is 9.69 Å². The highest BCUT2D eigenvalue weighted by molar-refractivity contribution is 5.83. The molecule has 0 N–H and O–H groups in total. The van der Waals surface area contributed by atoms with Gasteiger partial charge < -0.3 is 9.80 Å². The van der Waals surface area contributed by atoms with Crippen LogP contribution in [0.3, 0.4) is 0 Å². The summed E-state index contributed by atoms with van der Waals surface area (Å²) in [5, 5.41) is 0. The summed E-state index contributed by atoms with van der Waals surface area (Å²) in [7, 11) is 4.25. The second kappa shape index (κ2) is 3.95. The summed E-state index contributed by atoms with van der Waals surface area (Å²) < 4.78 is 0. The third kappa shape index (κ3) is 1.87. The van der Waals surface area contributed by atoms with Crippen LogP contribution in [0, 0.1) is 5.41 Å². The Morgan fingerprint density at radius 1 is 1.12 bits per heavy atom. The van der Waals surface area contributed by atoms with Gasteiger partial charge in [-0.05, 0) is 39.9 Å². The summed E-state index contributed by atoms with van der Waals surface area (Å²) in [5.41, 5.74) is 0.423. The second-order valence-corrected chi connectivity index (χ2v) is 6.28. The Balaban J connectivity index is 1.62. The monoisotopic (exact) mass is 237 g/mol. The van der Waals surface area contributed by atoms with Gasteiger partial charge in [0.1, 0.15) is 0 Å². The lowest BCUT2D eigenvalue weighted by Crippen LogP contribution is -2.55. The highest BCUT2D eigenvalue weighted by Crippen LogP contribution is 2.39. The maximum absolute atomic E-state index is 12.3. The van der Waals surface area contributed by atoms with E-state index < -0.39 is 0 Å². The number of hydrogen-bond donors (Lipinski definition) is 0. The molecule has 0 aromatic rings. The van der Waals surface area contributed by atoms with Gasteiger partial charge in [-0.2, -0.15) is 0 Å². The van der Waals surface area contributed by atoms with E-state index in [1.807, 2.05) is 0 Å². The topological polar surface area (TPSA) is 26.8 Å². The smallest absolute Gasteiger partial charge is 0.239 e. The normalized spacial score (nSPS) is 38.9. The van der Waals surface area contributed by atoms with E-state index in [4.69, 9.17) is 0 Å². The second-order valence-electron chi connectivity index (χ2n) is 6.28. The van der Waals surface area contributed by atoms with Gasteiger partial charge in [0.25, 0.3) is 0 Å². The van der Waals surface area contributed by atoms with Crippen molar-refractivity contribution >= 4 is 5.91 Å². The molecule has 3 rings (SSSR count). The Bertz CT molecular complexity index is 333. The van der Waals surface area contributed by atoms with Gasteiger partial charge in [-0.1, -0.05) is 0 Å². The summed E-state index contributed by atoms with van der Waals surface area (Å²) in [6.45, 7) is 5.44. The maximum Gasteiger partial charge on any atom is 0.239 e. The summed E-state index contributed by atoms with van der Waals surface area (Å²) in [6, 6.07) is 0.185. The number of rotatable bonds is 1. The Morgan fingerprint density at radius 3 is 2.41 bits per heavy atom. The number of amides is 1.